The van der Waals surface area contributed by atoms with Gasteiger partial charge in [0.05, 0.1) is 11.1 Å². The fraction of sp³-hybridized carbons (Fsp3) is 0.281. The molecular formula is C32H30N4O5. The summed E-state index contributed by atoms with van der Waals surface area (Å²) in [5.41, 5.74) is 4.61. The molecule has 3 aliphatic rings. The molecular weight excluding hydrogens is 520 g/mol. The van der Waals surface area contributed by atoms with Gasteiger partial charge in [0.15, 0.2) is 0 Å². The molecule has 0 spiro atoms. The Kier molecular flexibility index (Phi) is 7.09. The summed E-state index contributed by atoms with van der Waals surface area (Å²) in [6, 6.07) is 19.8. The number of rotatable bonds is 7. The van der Waals surface area contributed by atoms with Crippen LogP contribution in [-0.4, -0.2) is 46.5 Å². The maximum atomic E-state index is 13.3. The van der Waals surface area contributed by atoms with Crippen molar-refractivity contribution in [3.05, 3.63) is 89.0 Å². The summed E-state index contributed by atoms with van der Waals surface area (Å²) in [6.07, 6.45) is 4.63. The molecule has 1 atom stereocenters. The number of fused-ring (bicyclic) bond motifs is 1. The van der Waals surface area contributed by atoms with Crippen molar-refractivity contribution in [3.63, 3.8) is 0 Å². The summed E-state index contributed by atoms with van der Waals surface area (Å²) in [7, 11) is 0. The van der Waals surface area contributed by atoms with E-state index in [0.29, 0.717) is 17.8 Å². The number of carbonyl (C=O) groups is 5. The first kappa shape index (κ1) is 26.4. The molecule has 208 valence electrons. The molecule has 0 bridgehead atoms. The summed E-state index contributed by atoms with van der Waals surface area (Å²) in [5.74, 6) is -2.15. The summed E-state index contributed by atoms with van der Waals surface area (Å²) in [6.45, 7) is 0.414. The number of piperidine rings is 1. The van der Waals surface area contributed by atoms with E-state index in [1.165, 1.54) is 12.8 Å². The summed E-state index contributed by atoms with van der Waals surface area (Å²) < 4.78 is 0. The van der Waals surface area contributed by atoms with E-state index >= 15 is 0 Å². The van der Waals surface area contributed by atoms with E-state index in [2.05, 4.69) is 16.0 Å². The second-order valence-corrected chi connectivity index (χ2v) is 10.8. The Labute approximate surface area is 237 Å². The molecule has 1 saturated heterocycles. The van der Waals surface area contributed by atoms with Crippen LogP contribution in [0.3, 0.4) is 0 Å². The zero-order valence-electron chi connectivity index (χ0n) is 22.4. The van der Waals surface area contributed by atoms with Crippen molar-refractivity contribution in [2.75, 3.05) is 5.32 Å². The van der Waals surface area contributed by atoms with E-state index in [0.717, 1.165) is 34.4 Å². The minimum absolute atomic E-state index is 0.0299. The number of nitrogens with zero attached hydrogens (tertiary/aromatic N) is 1. The number of hydrogen-bond donors (Lipinski definition) is 3. The molecule has 41 heavy (non-hydrogen) atoms. The van der Waals surface area contributed by atoms with Crippen molar-refractivity contribution in [2.24, 2.45) is 0 Å². The SMILES string of the molecule is O=C1CCC(N2C(=O)c3cccc(NCc4ccc(-c5ccc(C(=O)NC6CCCC6)cc5)cc4)c3C2=O)C(=O)N1. The minimum Gasteiger partial charge on any atom is -0.380 e. The number of imide groups is 2. The van der Waals surface area contributed by atoms with Gasteiger partial charge >= 0.3 is 0 Å². The van der Waals surface area contributed by atoms with Gasteiger partial charge < -0.3 is 10.6 Å². The molecule has 9 heteroatoms. The van der Waals surface area contributed by atoms with Gasteiger partial charge in [0, 0.05) is 30.3 Å². The number of amides is 5. The molecule has 3 aromatic carbocycles. The number of benzene rings is 3. The predicted molar refractivity (Wildman–Crippen MR) is 152 cm³/mol. The van der Waals surface area contributed by atoms with Crippen LogP contribution in [0, 0.1) is 0 Å². The smallest absolute Gasteiger partial charge is 0.264 e. The van der Waals surface area contributed by atoms with Gasteiger partial charge in [-0.2, -0.15) is 0 Å². The van der Waals surface area contributed by atoms with Crippen molar-refractivity contribution in [1.29, 1.82) is 0 Å². The molecule has 2 fully saturated rings. The Morgan fingerprint density at radius 2 is 1.51 bits per heavy atom. The molecule has 2 heterocycles. The van der Waals surface area contributed by atoms with Crippen molar-refractivity contribution in [3.8, 4) is 11.1 Å². The third-order valence-electron chi connectivity index (χ3n) is 8.08. The second-order valence-electron chi connectivity index (χ2n) is 10.8. The van der Waals surface area contributed by atoms with Crippen molar-refractivity contribution >= 4 is 35.2 Å². The van der Waals surface area contributed by atoms with Crippen LogP contribution in [0.25, 0.3) is 11.1 Å². The van der Waals surface area contributed by atoms with Crippen LogP contribution in [0.2, 0.25) is 0 Å². The van der Waals surface area contributed by atoms with Crippen LogP contribution < -0.4 is 16.0 Å². The molecule has 1 unspecified atom stereocenters. The first-order valence-electron chi connectivity index (χ1n) is 14.0. The van der Waals surface area contributed by atoms with Crippen LogP contribution >= 0.6 is 0 Å². The summed E-state index contributed by atoms with van der Waals surface area (Å²) in [5, 5.41) is 8.59. The highest BCUT2D eigenvalue weighted by Crippen LogP contribution is 2.33. The van der Waals surface area contributed by atoms with Crippen LogP contribution in [0.5, 0.6) is 0 Å². The molecule has 0 radical (unpaired) electrons. The van der Waals surface area contributed by atoms with Gasteiger partial charge in [-0.05, 0) is 60.2 Å². The molecule has 1 aliphatic carbocycles. The van der Waals surface area contributed by atoms with Crippen LogP contribution in [0.1, 0.15) is 75.2 Å². The fourth-order valence-electron chi connectivity index (χ4n) is 5.83. The first-order chi connectivity index (χ1) is 19.9. The lowest BCUT2D eigenvalue weighted by atomic mass is 10.0. The number of hydrogen-bond acceptors (Lipinski definition) is 6. The van der Waals surface area contributed by atoms with Gasteiger partial charge in [0.25, 0.3) is 17.7 Å². The molecule has 6 rings (SSSR count). The van der Waals surface area contributed by atoms with Crippen LogP contribution in [-0.2, 0) is 16.1 Å². The highest BCUT2D eigenvalue weighted by molar-refractivity contribution is 6.25. The van der Waals surface area contributed by atoms with Gasteiger partial charge in [-0.3, -0.25) is 34.2 Å². The summed E-state index contributed by atoms with van der Waals surface area (Å²) in [4.78, 5) is 63.7. The highest BCUT2D eigenvalue weighted by atomic mass is 16.2. The van der Waals surface area contributed by atoms with E-state index in [1.807, 2.05) is 48.5 Å². The van der Waals surface area contributed by atoms with E-state index in [-0.39, 0.29) is 35.9 Å². The average molecular weight is 551 g/mol. The Balaban J connectivity index is 1.11. The van der Waals surface area contributed by atoms with Crippen LogP contribution in [0.4, 0.5) is 5.69 Å². The van der Waals surface area contributed by atoms with E-state index < -0.39 is 29.7 Å². The van der Waals surface area contributed by atoms with E-state index in [4.69, 9.17) is 0 Å². The molecule has 1 saturated carbocycles. The topological polar surface area (TPSA) is 125 Å². The van der Waals surface area contributed by atoms with Gasteiger partial charge in [0.1, 0.15) is 6.04 Å². The molecule has 2 aliphatic heterocycles. The lowest BCUT2D eigenvalue weighted by Gasteiger charge is -2.27. The average Bonchev–Trinajstić information content (AvgIpc) is 3.58. The van der Waals surface area contributed by atoms with Gasteiger partial charge in [-0.25, -0.2) is 0 Å². The summed E-state index contributed by atoms with van der Waals surface area (Å²) >= 11 is 0. The maximum Gasteiger partial charge on any atom is 0.264 e. The Bertz CT molecular complexity index is 1540. The molecule has 0 aromatic heterocycles. The minimum atomic E-state index is -1.00. The predicted octanol–water partition coefficient (Wildman–Crippen LogP) is 4.04. The maximum absolute atomic E-state index is 13.3. The van der Waals surface area contributed by atoms with Gasteiger partial charge in [0.2, 0.25) is 11.8 Å². The number of nitrogens with one attached hydrogen (secondary N) is 3. The Hall–Kier alpha value is -4.79. The quantitative estimate of drug-likeness (QED) is 0.382. The van der Waals surface area contributed by atoms with Crippen molar-refractivity contribution in [2.45, 2.75) is 57.2 Å². The standard InChI is InChI=1S/C32H30N4O5/c37-27-17-16-26(30(39)35-27)36-31(40)24-6-3-7-25(28(24)32(36)41)33-18-19-8-10-20(11-9-19)21-12-14-22(15-13-21)29(38)34-23-4-1-2-5-23/h3,6-15,23,26,33H,1-2,4-5,16-18H2,(H,34,38)(H,35,37,39). The Morgan fingerprint density at radius 1 is 0.829 bits per heavy atom. The normalized spacial score (nSPS) is 18.8. The van der Waals surface area contributed by atoms with E-state index in [9.17, 15) is 24.0 Å². The zero-order chi connectivity index (χ0) is 28.5. The number of carbonyl (C=O) groups excluding carboxylic acids is 5. The van der Waals surface area contributed by atoms with Crippen LogP contribution in [0.15, 0.2) is 66.7 Å². The molecule has 5 amide bonds. The lowest BCUT2D eigenvalue weighted by molar-refractivity contribution is -0.136. The molecule has 9 nitrogen and oxygen atoms in total. The number of anilines is 1. The zero-order valence-corrected chi connectivity index (χ0v) is 22.4. The fourth-order valence-corrected chi connectivity index (χ4v) is 5.83. The highest BCUT2D eigenvalue weighted by Gasteiger charge is 2.45. The monoisotopic (exact) mass is 550 g/mol. The van der Waals surface area contributed by atoms with Crippen molar-refractivity contribution in [1.82, 2.24) is 15.5 Å². The van der Waals surface area contributed by atoms with Gasteiger partial charge in [-0.1, -0.05) is 55.3 Å². The van der Waals surface area contributed by atoms with E-state index in [1.54, 1.807) is 18.2 Å². The van der Waals surface area contributed by atoms with Crippen molar-refractivity contribution < 1.29 is 24.0 Å². The second kappa shape index (κ2) is 11.0. The third kappa shape index (κ3) is 5.23. The molecule has 3 aromatic rings. The lowest BCUT2D eigenvalue weighted by Crippen LogP contribution is -2.54. The first-order valence-corrected chi connectivity index (χ1v) is 14.0. The third-order valence-corrected chi connectivity index (χ3v) is 8.08. The Morgan fingerprint density at radius 3 is 2.20 bits per heavy atom. The van der Waals surface area contributed by atoms with Gasteiger partial charge in [-0.15, -0.1) is 0 Å². The largest absolute Gasteiger partial charge is 0.380 e. The molecule has 3 N–H and O–H groups in total.